The number of pyridine rings is 2. The molecule has 0 aliphatic rings. The molecule has 4 heterocycles. The van der Waals surface area contributed by atoms with Crippen LogP contribution in [0.15, 0.2) is 91.1 Å². The van der Waals surface area contributed by atoms with E-state index in [1.54, 1.807) is 102 Å². The van der Waals surface area contributed by atoms with Crippen LogP contribution in [0.2, 0.25) is 0 Å². The Labute approximate surface area is 487 Å². The minimum absolute atomic E-state index is 0. The van der Waals surface area contributed by atoms with Gasteiger partial charge in [0.2, 0.25) is 0 Å². The quantitative estimate of drug-likeness (QED) is 0.0527. The number of nitrogens with one attached hydrogen (secondary N) is 1. The Balaban J connectivity index is 0.000000456. The van der Waals surface area contributed by atoms with E-state index in [1.165, 1.54) is 99.8 Å². The number of carbonyl (C=O) groups excluding carboxylic acids is 6. The Morgan fingerprint density at radius 2 is 1.06 bits per heavy atom. The lowest BCUT2D eigenvalue weighted by Crippen LogP contribution is -2.44. The second-order valence-corrected chi connectivity index (χ2v) is 21.9. The van der Waals surface area contributed by atoms with Crippen LogP contribution in [0.5, 0.6) is 0 Å². The van der Waals surface area contributed by atoms with Gasteiger partial charge in [-0.1, -0.05) is 0 Å². The molecule has 28 heteroatoms. The van der Waals surface area contributed by atoms with Gasteiger partial charge in [0.05, 0.1) is 30.1 Å². The number of aliphatic hydroxyl groups is 1. The van der Waals surface area contributed by atoms with Gasteiger partial charge in [0, 0.05) is 67.4 Å². The predicted molar refractivity (Wildman–Crippen MR) is 310 cm³/mol. The highest BCUT2D eigenvalue weighted by Crippen LogP contribution is 2.21. The van der Waals surface area contributed by atoms with E-state index in [2.05, 4.69) is 35.3 Å². The van der Waals surface area contributed by atoms with E-state index in [4.69, 9.17) is 29.2 Å². The third kappa shape index (κ3) is 23.6. The lowest BCUT2D eigenvalue weighted by atomic mass is 10.1. The number of anilines is 1. The zero-order chi connectivity index (χ0) is 59.9. The van der Waals surface area contributed by atoms with Crippen LogP contribution in [0.1, 0.15) is 105 Å². The molecule has 0 radical (unpaired) electrons. The van der Waals surface area contributed by atoms with Crippen molar-refractivity contribution in [1.82, 2.24) is 38.9 Å². The Morgan fingerprint density at radius 3 is 1.50 bits per heavy atom. The highest BCUT2D eigenvalue weighted by atomic mass is 32.1. The summed E-state index contributed by atoms with van der Waals surface area (Å²) in [6.45, 7) is 20.7. The fourth-order valence-electron chi connectivity index (χ4n) is 6.66. The molecule has 0 saturated heterocycles. The number of amides is 4. The summed E-state index contributed by atoms with van der Waals surface area (Å²) < 4.78 is 55.7. The van der Waals surface area contributed by atoms with Gasteiger partial charge < -0.3 is 38.6 Å². The van der Waals surface area contributed by atoms with E-state index in [1.807, 2.05) is 0 Å². The first-order valence-electron chi connectivity index (χ1n) is 24.8. The van der Waals surface area contributed by atoms with Crippen LogP contribution in [-0.4, -0.2) is 142 Å². The molecular formula is C54H72F2N12O12S2. The molecule has 2 N–H and O–H groups in total. The van der Waals surface area contributed by atoms with E-state index < -0.39 is 82.5 Å². The molecular weight excluding hydrogens is 1110 g/mol. The minimum atomic E-state index is -0.819. The number of benzene rings is 2. The largest absolute Gasteiger partial charge is 0.447 e. The third-order valence-electron chi connectivity index (χ3n) is 10.4. The highest BCUT2D eigenvalue weighted by Gasteiger charge is 2.29. The average molecular weight is 1180 g/mol. The first-order valence-corrected chi connectivity index (χ1v) is 24.8. The lowest BCUT2D eigenvalue weighted by molar-refractivity contribution is 0.0146. The summed E-state index contributed by atoms with van der Waals surface area (Å²) in [6, 6.07) is 10.1. The van der Waals surface area contributed by atoms with E-state index in [9.17, 15) is 42.7 Å². The maximum Gasteiger partial charge on any atom is 0.419 e. The number of ether oxygens (including phenoxy) is 5. The number of halogens is 2. The lowest BCUT2D eigenvalue weighted by Gasteiger charge is -2.30. The SMILES string of the molecule is CN(C(=O)OC(C)(C)C)[C@H](CO)Cc1cn(C(=O)OC(C)(C)C)cn1.CN(C(=O)OC(C)(C)C)[C@H](COC(=O)Nc1cc2cc(F)ccc2cn1)Cc1cn(C(=O)OC(C)(C)C)cn1.S.S.[N-]=[N+]=NC(=O)c1cc2cc(F)ccc2cn1. The van der Waals surface area contributed by atoms with E-state index >= 15 is 0 Å². The maximum absolute atomic E-state index is 13.6. The Hall–Kier alpha value is -8.07. The molecule has 4 aromatic heterocycles. The van der Waals surface area contributed by atoms with Crippen LogP contribution in [0.4, 0.5) is 38.6 Å². The molecule has 0 aliphatic heterocycles. The Kier molecular flexibility index (Phi) is 25.7. The number of imidazole rings is 2. The molecule has 6 aromatic rings. The number of azide groups is 1. The van der Waals surface area contributed by atoms with Gasteiger partial charge in [0.25, 0.3) is 5.91 Å². The molecule has 446 valence electrons. The average Bonchev–Trinajstić information content (AvgIpc) is 4.14. The van der Waals surface area contributed by atoms with Gasteiger partial charge in [-0.05, 0) is 153 Å². The standard InChI is InChI=1S/C27H34FN5O6.C17H29N3O5.C10H5FN4O.2H2S/c1-26(2,3)38-24(35)32(7)21(12-20-14-33(16-30-20)25(36)39-27(4,5)6)15-37-23(34)31-22-11-18-10-19(28)9-8-17(18)13-29-22;1-16(2,3)24-14(22)19(7)13(10-21)8-12-9-20(11-18-12)15(23)25-17(4,5)6;11-8-2-1-6-5-13-9(4-7(6)3-8)10(16)14-15-12;;/h8-11,13-14,16,21H,12,15H2,1-7H3,(H,29,31,34);9,11,13,21H,8,10H2,1-7H3;1-5H;2*1H2/t21-;13-;;;/m00.../s1. The molecule has 0 fully saturated rings. The van der Waals surface area contributed by atoms with Crippen molar-refractivity contribution in [3.8, 4) is 0 Å². The van der Waals surface area contributed by atoms with Crippen molar-refractivity contribution >= 4 is 90.7 Å². The van der Waals surface area contributed by atoms with Crippen LogP contribution >= 0.6 is 27.0 Å². The molecule has 0 spiro atoms. The van der Waals surface area contributed by atoms with Crippen molar-refractivity contribution in [2.45, 2.75) is 130 Å². The molecule has 24 nitrogen and oxygen atoms in total. The molecule has 0 aliphatic carbocycles. The number of rotatable bonds is 11. The maximum atomic E-state index is 13.6. The smallest absolute Gasteiger partial charge is 0.419 e. The molecule has 0 saturated carbocycles. The zero-order valence-corrected chi connectivity index (χ0v) is 50.2. The summed E-state index contributed by atoms with van der Waals surface area (Å²) in [5.41, 5.74) is 6.47. The van der Waals surface area contributed by atoms with Crippen LogP contribution in [0.25, 0.3) is 32.0 Å². The first kappa shape index (κ1) is 70.0. The van der Waals surface area contributed by atoms with E-state index in [0.29, 0.717) is 32.9 Å². The number of carbonyl (C=O) groups is 6. The van der Waals surface area contributed by atoms with Gasteiger partial charge in [0.15, 0.2) is 0 Å². The van der Waals surface area contributed by atoms with Gasteiger partial charge in [0.1, 0.15) is 64.8 Å². The Morgan fingerprint density at radius 1 is 0.634 bits per heavy atom. The second kappa shape index (κ2) is 30.1. The first-order chi connectivity index (χ1) is 37.1. The summed E-state index contributed by atoms with van der Waals surface area (Å²) in [7, 11) is 3.07. The van der Waals surface area contributed by atoms with E-state index in [0.717, 1.165) is 0 Å². The number of nitrogens with zero attached hydrogens (tertiary/aromatic N) is 11. The minimum Gasteiger partial charge on any atom is -0.447 e. The number of aliphatic hydroxyl groups excluding tert-OH is 1. The molecule has 0 bridgehead atoms. The van der Waals surface area contributed by atoms with Crippen LogP contribution in [0.3, 0.4) is 0 Å². The number of likely N-dealkylation sites (N-methyl/N-ethyl adjacent to an activating group) is 2. The van der Waals surface area contributed by atoms with Crippen molar-refractivity contribution in [3.63, 3.8) is 0 Å². The van der Waals surface area contributed by atoms with Crippen molar-refractivity contribution in [2.75, 3.05) is 32.6 Å². The van der Waals surface area contributed by atoms with Crippen molar-refractivity contribution in [3.05, 3.63) is 125 Å². The summed E-state index contributed by atoms with van der Waals surface area (Å²) in [5.74, 6) is -1.43. The Bertz CT molecular complexity index is 3220. The molecule has 82 heavy (non-hydrogen) atoms. The number of aromatic nitrogens is 6. The molecule has 0 unspecified atom stereocenters. The fourth-order valence-corrected chi connectivity index (χ4v) is 6.66. The van der Waals surface area contributed by atoms with Gasteiger partial charge in [-0.25, -0.2) is 56.8 Å². The number of hydrogen-bond donors (Lipinski definition) is 2. The fraction of sp³-hybridized carbons (Fsp3) is 0.444. The zero-order valence-electron chi connectivity index (χ0n) is 48.2. The van der Waals surface area contributed by atoms with Gasteiger partial charge in [-0.2, -0.15) is 27.0 Å². The van der Waals surface area contributed by atoms with Gasteiger partial charge >= 0.3 is 30.5 Å². The highest BCUT2D eigenvalue weighted by molar-refractivity contribution is 7.59. The monoisotopic (exact) mass is 1180 g/mol. The number of fused-ring (bicyclic) bond motifs is 2. The van der Waals surface area contributed by atoms with Crippen LogP contribution < -0.4 is 5.32 Å². The molecule has 2 aromatic carbocycles. The molecule has 4 amide bonds. The molecule has 6 rings (SSSR count). The number of hydrogen-bond acceptors (Lipinski definition) is 16. The topological polar surface area (TPSA) is 297 Å². The summed E-state index contributed by atoms with van der Waals surface area (Å²) in [5, 5.41) is 17.5. The van der Waals surface area contributed by atoms with Crippen LogP contribution in [0, 0.1) is 11.6 Å². The molecule has 2 atom stereocenters. The van der Waals surface area contributed by atoms with Crippen molar-refractivity contribution < 1.29 is 66.3 Å². The van der Waals surface area contributed by atoms with E-state index in [-0.39, 0.29) is 64.6 Å². The third-order valence-corrected chi connectivity index (χ3v) is 10.4. The predicted octanol–water partition coefficient (Wildman–Crippen LogP) is 10.9. The van der Waals surface area contributed by atoms with Crippen LogP contribution in [-0.2, 0) is 36.5 Å². The summed E-state index contributed by atoms with van der Waals surface area (Å²) in [4.78, 5) is 94.3. The summed E-state index contributed by atoms with van der Waals surface area (Å²) in [6.07, 6.45) is 5.93. The van der Waals surface area contributed by atoms with Crippen molar-refractivity contribution in [2.24, 2.45) is 5.11 Å². The van der Waals surface area contributed by atoms with Gasteiger partial charge in [-0.3, -0.25) is 15.1 Å². The second-order valence-electron chi connectivity index (χ2n) is 21.9. The van der Waals surface area contributed by atoms with Gasteiger partial charge in [-0.15, -0.1) is 0 Å². The van der Waals surface area contributed by atoms with Crippen molar-refractivity contribution in [1.29, 1.82) is 0 Å². The normalized spacial score (nSPS) is 11.9. The summed E-state index contributed by atoms with van der Waals surface area (Å²) >= 11 is 0.